The van der Waals surface area contributed by atoms with Crippen molar-refractivity contribution in [1.29, 1.82) is 0 Å². The molecule has 1 aliphatic rings. The van der Waals surface area contributed by atoms with Crippen molar-refractivity contribution in [3.05, 3.63) is 47.8 Å². The summed E-state index contributed by atoms with van der Waals surface area (Å²) in [7, 11) is -4.07. The van der Waals surface area contributed by atoms with Gasteiger partial charge in [-0.3, -0.25) is 9.52 Å². The highest BCUT2D eigenvalue weighted by atomic mass is 32.2. The molecule has 1 aromatic heterocycles. The van der Waals surface area contributed by atoms with Crippen LogP contribution in [0.25, 0.3) is 0 Å². The summed E-state index contributed by atoms with van der Waals surface area (Å²) >= 11 is 0. The van der Waals surface area contributed by atoms with E-state index in [9.17, 15) is 23.1 Å². The smallest absolute Gasteiger partial charge is 0.352 e. The zero-order valence-corrected chi connectivity index (χ0v) is 16.1. The lowest BCUT2D eigenvalue weighted by atomic mass is 10.1. The molecule has 9 nitrogen and oxygen atoms in total. The standard InChI is InChI=1S/C18H21N3O6S/c1-2-20-12-13(11-16(20)18(23)24)28(25,26)19-15-6-4-3-5-14(15)17(22)21-7-9-27-10-8-21/h3-6,11-12,19H,2,7-10H2,1H3,(H,23,24). The number of carboxylic acids is 1. The van der Waals surface area contributed by atoms with E-state index in [1.807, 2.05) is 0 Å². The van der Waals surface area contributed by atoms with E-state index in [0.717, 1.165) is 6.07 Å². The average molecular weight is 407 g/mol. The third-order valence-electron chi connectivity index (χ3n) is 4.44. The van der Waals surface area contributed by atoms with Crippen molar-refractivity contribution in [2.45, 2.75) is 18.4 Å². The molecule has 0 unspecified atom stereocenters. The topological polar surface area (TPSA) is 118 Å². The van der Waals surface area contributed by atoms with Gasteiger partial charge in [0.2, 0.25) is 0 Å². The number of amides is 1. The number of carbonyl (C=O) groups excluding carboxylic acids is 1. The Morgan fingerprint density at radius 3 is 2.50 bits per heavy atom. The Labute approximate surface area is 162 Å². The molecule has 150 valence electrons. The molecule has 28 heavy (non-hydrogen) atoms. The van der Waals surface area contributed by atoms with Crippen LogP contribution in [-0.2, 0) is 21.3 Å². The van der Waals surface area contributed by atoms with Gasteiger partial charge in [-0.2, -0.15) is 0 Å². The van der Waals surface area contributed by atoms with Crippen molar-refractivity contribution in [2.24, 2.45) is 0 Å². The molecule has 0 aliphatic carbocycles. The van der Waals surface area contributed by atoms with E-state index in [1.165, 1.54) is 16.8 Å². The van der Waals surface area contributed by atoms with Crippen LogP contribution < -0.4 is 4.72 Å². The molecular formula is C18H21N3O6S. The Hall–Kier alpha value is -2.85. The number of sulfonamides is 1. The number of benzene rings is 1. The van der Waals surface area contributed by atoms with Crippen molar-refractivity contribution in [3.63, 3.8) is 0 Å². The molecule has 1 saturated heterocycles. The van der Waals surface area contributed by atoms with Gasteiger partial charge in [-0.1, -0.05) is 12.1 Å². The van der Waals surface area contributed by atoms with E-state index in [1.54, 1.807) is 30.0 Å². The summed E-state index contributed by atoms with van der Waals surface area (Å²) in [6.07, 6.45) is 1.26. The number of carboxylic acid groups (broad SMARTS) is 1. The Kier molecular flexibility index (Phi) is 5.71. The molecule has 10 heteroatoms. The molecule has 0 bridgehead atoms. The van der Waals surface area contributed by atoms with Crippen molar-refractivity contribution < 1.29 is 27.9 Å². The lowest BCUT2D eigenvalue weighted by Crippen LogP contribution is -2.41. The molecule has 0 radical (unpaired) electrons. The van der Waals surface area contributed by atoms with Gasteiger partial charge in [0, 0.05) is 25.8 Å². The molecule has 2 aromatic rings. The lowest BCUT2D eigenvalue weighted by Gasteiger charge is -2.27. The van der Waals surface area contributed by atoms with E-state index in [0.29, 0.717) is 32.8 Å². The number of anilines is 1. The zero-order chi connectivity index (χ0) is 20.3. The van der Waals surface area contributed by atoms with Crippen molar-refractivity contribution in [3.8, 4) is 0 Å². The summed E-state index contributed by atoms with van der Waals surface area (Å²) in [5.74, 6) is -1.51. The second-order valence-corrected chi connectivity index (χ2v) is 7.89. The molecule has 1 aliphatic heterocycles. The summed E-state index contributed by atoms with van der Waals surface area (Å²) in [6, 6.07) is 7.42. The van der Waals surface area contributed by atoms with Gasteiger partial charge < -0.3 is 19.3 Å². The fourth-order valence-corrected chi connectivity index (χ4v) is 4.09. The predicted molar refractivity (Wildman–Crippen MR) is 101 cm³/mol. The number of ether oxygens (including phenoxy) is 1. The van der Waals surface area contributed by atoms with E-state index < -0.39 is 16.0 Å². The number of aromatic nitrogens is 1. The SMILES string of the molecule is CCn1cc(S(=O)(=O)Nc2ccccc2C(=O)N2CCOCC2)cc1C(=O)O. The van der Waals surface area contributed by atoms with Crippen LogP contribution in [0, 0.1) is 0 Å². The number of hydrogen-bond donors (Lipinski definition) is 2. The zero-order valence-electron chi connectivity index (χ0n) is 15.3. The molecule has 3 rings (SSSR count). The van der Waals surface area contributed by atoms with Crippen LogP contribution in [0.4, 0.5) is 5.69 Å². The number of nitrogens with one attached hydrogen (secondary N) is 1. The average Bonchev–Trinajstić information content (AvgIpc) is 3.14. The van der Waals surface area contributed by atoms with Crippen molar-refractivity contribution in [1.82, 2.24) is 9.47 Å². The van der Waals surface area contributed by atoms with Gasteiger partial charge in [-0.05, 0) is 25.1 Å². The maximum Gasteiger partial charge on any atom is 0.352 e. The second-order valence-electron chi connectivity index (χ2n) is 6.21. The normalized spacial score (nSPS) is 14.7. The fourth-order valence-electron chi connectivity index (χ4n) is 2.97. The number of para-hydroxylation sites is 1. The van der Waals surface area contributed by atoms with Gasteiger partial charge in [0.05, 0.1) is 24.5 Å². The van der Waals surface area contributed by atoms with Gasteiger partial charge in [-0.15, -0.1) is 0 Å². The van der Waals surface area contributed by atoms with E-state index in [4.69, 9.17) is 4.74 Å². The van der Waals surface area contributed by atoms with E-state index >= 15 is 0 Å². The Morgan fingerprint density at radius 2 is 1.89 bits per heavy atom. The highest BCUT2D eigenvalue weighted by Crippen LogP contribution is 2.23. The van der Waals surface area contributed by atoms with Crippen LogP contribution in [-0.4, -0.2) is 61.2 Å². The Balaban J connectivity index is 1.91. The molecule has 0 spiro atoms. The minimum Gasteiger partial charge on any atom is -0.477 e. The number of carbonyl (C=O) groups is 2. The fraction of sp³-hybridized carbons (Fsp3) is 0.333. The van der Waals surface area contributed by atoms with Crippen LogP contribution in [0.1, 0.15) is 27.8 Å². The van der Waals surface area contributed by atoms with Gasteiger partial charge in [0.15, 0.2) is 0 Å². The van der Waals surface area contributed by atoms with Gasteiger partial charge in [-0.25, -0.2) is 13.2 Å². The first-order valence-electron chi connectivity index (χ1n) is 8.76. The monoisotopic (exact) mass is 407 g/mol. The van der Waals surface area contributed by atoms with Crippen LogP contribution in [0.2, 0.25) is 0 Å². The highest BCUT2D eigenvalue weighted by molar-refractivity contribution is 7.92. The minimum atomic E-state index is -4.07. The van der Waals surface area contributed by atoms with Crippen LogP contribution in [0.5, 0.6) is 0 Å². The molecule has 1 amide bonds. The quantitative estimate of drug-likeness (QED) is 0.749. The molecule has 2 N–H and O–H groups in total. The first-order valence-corrected chi connectivity index (χ1v) is 10.2. The molecule has 0 saturated carbocycles. The van der Waals surface area contributed by atoms with Crippen LogP contribution in [0.15, 0.2) is 41.4 Å². The lowest BCUT2D eigenvalue weighted by molar-refractivity contribution is 0.0303. The number of nitrogens with zero attached hydrogens (tertiary/aromatic N) is 2. The molecule has 1 aromatic carbocycles. The molecule has 0 atom stereocenters. The van der Waals surface area contributed by atoms with Crippen LogP contribution in [0.3, 0.4) is 0 Å². The third kappa shape index (κ3) is 4.02. The van der Waals surface area contributed by atoms with Gasteiger partial charge in [0.25, 0.3) is 15.9 Å². The number of aromatic carboxylic acids is 1. The van der Waals surface area contributed by atoms with Crippen LogP contribution >= 0.6 is 0 Å². The minimum absolute atomic E-state index is 0.124. The Bertz CT molecular complexity index is 992. The maximum atomic E-state index is 12.8. The molecular weight excluding hydrogens is 386 g/mol. The largest absolute Gasteiger partial charge is 0.477 e. The molecule has 1 fully saturated rings. The van der Waals surface area contributed by atoms with E-state index in [2.05, 4.69) is 4.72 Å². The number of hydrogen-bond acceptors (Lipinski definition) is 5. The van der Waals surface area contributed by atoms with Crippen molar-refractivity contribution >= 4 is 27.6 Å². The summed E-state index contributed by atoms with van der Waals surface area (Å²) in [5.41, 5.74) is 0.238. The number of morpholine rings is 1. The second kappa shape index (κ2) is 8.03. The summed E-state index contributed by atoms with van der Waals surface area (Å²) in [5, 5.41) is 9.23. The summed E-state index contributed by atoms with van der Waals surface area (Å²) in [4.78, 5) is 25.5. The maximum absolute atomic E-state index is 12.8. The van der Waals surface area contributed by atoms with Gasteiger partial charge in [0.1, 0.15) is 10.6 Å². The Morgan fingerprint density at radius 1 is 1.21 bits per heavy atom. The van der Waals surface area contributed by atoms with Gasteiger partial charge >= 0.3 is 5.97 Å². The third-order valence-corrected chi connectivity index (χ3v) is 5.77. The van der Waals surface area contributed by atoms with E-state index in [-0.39, 0.29) is 27.7 Å². The number of rotatable bonds is 6. The highest BCUT2D eigenvalue weighted by Gasteiger charge is 2.25. The number of aryl methyl sites for hydroxylation is 1. The predicted octanol–water partition coefficient (Wildman–Crippen LogP) is 1.48. The first-order chi connectivity index (χ1) is 13.3. The van der Waals surface area contributed by atoms with Crippen molar-refractivity contribution in [2.75, 3.05) is 31.0 Å². The molecule has 2 heterocycles. The summed E-state index contributed by atoms with van der Waals surface area (Å²) < 4.78 is 34.6. The first kappa shape index (κ1) is 19.9. The summed E-state index contributed by atoms with van der Waals surface area (Å²) in [6.45, 7) is 3.75.